The number of benzene rings is 2. The molecular weight excluding hydrogens is 232 g/mol. The van der Waals surface area contributed by atoms with E-state index in [4.69, 9.17) is 0 Å². The summed E-state index contributed by atoms with van der Waals surface area (Å²) >= 11 is 0. The van der Waals surface area contributed by atoms with E-state index in [0.29, 0.717) is 6.42 Å². The van der Waals surface area contributed by atoms with Gasteiger partial charge in [0.25, 0.3) is 0 Å². The first kappa shape index (κ1) is 13.8. The van der Waals surface area contributed by atoms with Gasteiger partial charge in [0, 0.05) is 6.42 Å². The van der Waals surface area contributed by atoms with Gasteiger partial charge in [0.2, 0.25) is 0 Å². The Balaban J connectivity index is 2.36. The lowest BCUT2D eigenvalue weighted by Gasteiger charge is -2.26. The maximum absolute atomic E-state index is 10.8. The van der Waals surface area contributed by atoms with E-state index in [1.165, 1.54) is 22.3 Å². The van der Waals surface area contributed by atoms with Gasteiger partial charge in [-0.15, -0.1) is 0 Å². The minimum atomic E-state index is -0.830. The molecule has 0 aliphatic carbocycles. The summed E-state index contributed by atoms with van der Waals surface area (Å²) in [5.74, 6) is 0. The van der Waals surface area contributed by atoms with Crippen LogP contribution in [0, 0.1) is 20.8 Å². The molecule has 0 bridgehead atoms. The number of hydrogen-bond acceptors (Lipinski definition) is 1. The second kappa shape index (κ2) is 5.18. The summed E-state index contributed by atoms with van der Waals surface area (Å²) in [5, 5.41) is 10.8. The fourth-order valence-corrected chi connectivity index (χ4v) is 2.55. The van der Waals surface area contributed by atoms with E-state index < -0.39 is 5.60 Å². The lowest BCUT2D eigenvalue weighted by atomic mass is 9.85. The van der Waals surface area contributed by atoms with Crippen molar-refractivity contribution in [2.24, 2.45) is 0 Å². The molecule has 1 heteroatoms. The predicted molar refractivity (Wildman–Crippen MR) is 80.4 cm³/mol. The average Bonchev–Trinajstić information content (AvgIpc) is 2.34. The van der Waals surface area contributed by atoms with Gasteiger partial charge in [0.1, 0.15) is 0 Å². The SMILES string of the molecule is Cc1cccc(C(C)(O)Cc2c(C)cccc2C)c1. The van der Waals surface area contributed by atoms with Gasteiger partial charge < -0.3 is 5.11 Å². The first-order valence-electron chi connectivity index (χ1n) is 6.75. The highest BCUT2D eigenvalue weighted by molar-refractivity contribution is 5.37. The van der Waals surface area contributed by atoms with E-state index in [2.05, 4.69) is 51.1 Å². The van der Waals surface area contributed by atoms with Crippen molar-refractivity contribution in [3.05, 3.63) is 70.3 Å². The molecule has 2 rings (SSSR count). The number of aliphatic hydroxyl groups is 1. The second-order valence-electron chi connectivity index (χ2n) is 5.69. The molecule has 0 amide bonds. The Hall–Kier alpha value is -1.60. The van der Waals surface area contributed by atoms with E-state index in [-0.39, 0.29) is 0 Å². The highest BCUT2D eigenvalue weighted by Gasteiger charge is 2.25. The Morgan fingerprint density at radius 2 is 1.53 bits per heavy atom. The van der Waals surface area contributed by atoms with Gasteiger partial charge in [-0.2, -0.15) is 0 Å². The molecule has 0 saturated heterocycles. The maximum Gasteiger partial charge on any atom is 0.0909 e. The third-order valence-corrected chi connectivity index (χ3v) is 3.81. The van der Waals surface area contributed by atoms with Gasteiger partial charge in [-0.1, -0.05) is 48.0 Å². The predicted octanol–water partition coefficient (Wildman–Crippen LogP) is 4.06. The second-order valence-corrected chi connectivity index (χ2v) is 5.69. The average molecular weight is 254 g/mol. The van der Waals surface area contributed by atoms with Crippen LogP contribution >= 0.6 is 0 Å². The molecule has 1 unspecified atom stereocenters. The highest BCUT2D eigenvalue weighted by atomic mass is 16.3. The zero-order valence-corrected chi connectivity index (χ0v) is 12.2. The van der Waals surface area contributed by atoms with Crippen molar-refractivity contribution < 1.29 is 5.11 Å². The molecule has 0 radical (unpaired) electrons. The molecule has 0 aliphatic rings. The monoisotopic (exact) mass is 254 g/mol. The van der Waals surface area contributed by atoms with Crippen molar-refractivity contribution in [1.82, 2.24) is 0 Å². The molecule has 0 spiro atoms. The topological polar surface area (TPSA) is 20.2 Å². The van der Waals surface area contributed by atoms with E-state index in [9.17, 15) is 5.11 Å². The van der Waals surface area contributed by atoms with E-state index in [1.807, 2.05) is 19.1 Å². The number of hydrogen-bond donors (Lipinski definition) is 1. The molecule has 1 atom stereocenters. The number of aryl methyl sites for hydroxylation is 3. The summed E-state index contributed by atoms with van der Waals surface area (Å²) in [7, 11) is 0. The zero-order chi connectivity index (χ0) is 14.0. The number of rotatable bonds is 3. The maximum atomic E-state index is 10.8. The molecule has 1 nitrogen and oxygen atoms in total. The molecule has 2 aromatic rings. The fourth-order valence-electron chi connectivity index (χ4n) is 2.55. The Labute approximate surface area is 115 Å². The van der Waals surface area contributed by atoms with Crippen LogP contribution in [0.4, 0.5) is 0 Å². The van der Waals surface area contributed by atoms with Crippen LogP contribution in [-0.4, -0.2) is 5.11 Å². The first-order chi connectivity index (χ1) is 8.90. The quantitative estimate of drug-likeness (QED) is 0.875. The van der Waals surface area contributed by atoms with Crippen molar-refractivity contribution in [2.45, 2.75) is 39.7 Å². The minimum Gasteiger partial charge on any atom is -0.385 e. The molecule has 0 fully saturated rings. The van der Waals surface area contributed by atoms with E-state index >= 15 is 0 Å². The lowest BCUT2D eigenvalue weighted by Crippen LogP contribution is -2.25. The molecule has 0 aromatic heterocycles. The largest absolute Gasteiger partial charge is 0.385 e. The van der Waals surface area contributed by atoms with Crippen LogP contribution in [0.5, 0.6) is 0 Å². The van der Waals surface area contributed by atoms with Crippen LogP contribution in [0.15, 0.2) is 42.5 Å². The molecule has 100 valence electrons. The Morgan fingerprint density at radius 3 is 2.11 bits per heavy atom. The Bertz CT molecular complexity index is 562. The van der Waals surface area contributed by atoms with Crippen LogP contribution in [0.3, 0.4) is 0 Å². The lowest BCUT2D eigenvalue weighted by molar-refractivity contribution is 0.0572. The summed E-state index contributed by atoms with van der Waals surface area (Å²) in [4.78, 5) is 0. The summed E-state index contributed by atoms with van der Waals surface area (Å²) in [6, 6.07) is 14.4. The van der Waals surface area contributed by atoms with Gasteiger partial charge in [0.05, 0.1) is 5.60 Å². The molecule has 2 aromatic carbocycles. The smallest absolute Gasteiger partial charge is 0.0909 e. The van der Waals surface area contributed by atoms with Gasteiger partial charge >= 0.3 is 0 Å². The van der Waals surface area contributed by atoms with Crippen molar-refractivity contribution in [3.63, 3.8) is 0 Å². The van der Waals surface area contributed by atoms with Gasteiger partial charge in [-0.25, -0.2) is 0 Å². The normalized spacial score (nSPS) is 14.2. The summed E-state index contributed by atoms with van der Waals surface area (Å²) in [6.07, 6.45) is 0.648. The molecule has 0 aliphatic heterocycles. The van der Waals surface area contributed by atoms with Crippen molar-refractivity contribution in [3.8, 4) is 0 Å². The van der Waals surface area contributed by atoms with Crippen LogP contribution in [-0.2, 0) is 12.0 Å². The Morgan fingerprint density at radius 1 is 0.947 bits per heavy atom. The molecule has 19 heavy (non-hydrogen) atoms. The van der Waals surface area contributed by atoms with Crippen molar-refractivity contribution in [1.29, 1.82) is 0 Å². The van der Waals surface area contributed by atoms with Crippen LogP contribution in [0.2, 0.25) is 0 Å². The molecule has 1 N–H and O–H groups in total. The van der Waals surface area contributed by atoms with Gasteiger partial charge in [-0.05, 0) is 49.9 Å². The molecular formula is C18H22O. The zero-order valence-electron chi connectivity index (χ0n) is 12.2. The fraction of sp³-hybridized carbons (Fsp3) is 0.333. The van der Waals surface area contributed by atoms with Gasteiger partial charge in [0.15, 0.2) is 0 Å². The van der Waals surface area contributed by atoms with E-state index in [1.54, 1.807) is 0 Å². The van der Waals surface area contributed by atoms with Crippen molar-refractivity contribution in [2.75, 3.05) is 0 Å². The third kappa shape index (κ3) is 3.05. The molecule has 0 saturated carbocycles. The third-order valence-electron chi connectivity index (χ3n) is 3.81. The highest BCUT2D eigenvalue weighted by Crippen LogP contribution is 2.28. The molecule has 0 heterocycles. The van der Waals surface area contributed by atoms with Gasteiger partial charge in [-0.3, -0.25) is 0 Å². The Kier molecular flexibility index (Phi) is 3.77. The standard InChI is InChI=1S/C18H22O/c1-13-7-5-10-16(11-13)18(4,19)12-17-14(2)8-6-9-15(17)3/h5-11,19H,12H2,1-4H3. The van der Waals surface area contributed by atoms with Crippen molar-refractivity contribution >= 4 is 0 Å². The summed E-state index contributed by atoms with van der Waals surface area (Å²) in [5.41, 5.74) is 5.06. The van der Waals surface area contributed by atoms with Crippen LogP contribution in [0.1, 0.15) is 34.7 Å². The van der Waals surface area contributed by atoms with E-state index in [0.717, 1.165) is 5.56 Å². The van der Waals surface area contributed by atoms with Crippen LogP contribution in [0.25, 0.3) is 0 Å². The summed E-state index contributed by atoms with van der Waals surface area (Å²) < 4.78 is 0. The van der Waals surface area contributed by atoms with Crippen LogP contribution < -0.4 is 0 Å². The first-order valence-corrected chi connectivity index (χ1v) is 6.75. The minimum absolute atomic E-state index is 0.648. The summed E-state index contributed by atoms with van der Waals surface area (Å²) in [6.45, 7) is 8.16.